The van der Waals surface area contributed by atoms with Crippen molar-refractivity contribution < 1.29 is 24.3 Å². The molecule has 3 heterocycles. The average Bonchev–Trinajstić information content (AvgIpc) is 3.67. The fourth-order valence-corrected chi connectivity index (χ4v) is 4.85. The topological polar surface area (TPSA) is 143 Å². The smallest absolute Gasteiger partial charge is 0.431 e. The van der Waals surface area contributed by atoms with E-state index in [1.54, 1.807) is 46.1 Å². The van der Waals surface area contributed by atoms with Crippen LogP contribution in [-0.4, -0.2) is 50.1 Å². The zero-order valence-electron chi connectivity index (χ0n) is 24.9. The van der Waals surface area contributed by atoms with Crippen molar-refractivity contribution in [2.24, 2.45) is 0 Å². The van der Waals surface area contributed by atoms with Gasteiger partial charge >= 0.3 is 12.1 Å². The summed E-state index contributed by atoms with van der Waals surface area (Å²) in [4.78, 5) is 34.7. The number of nitrogens with one attached hydrogen (secondary N) is 3. The number of pyridine rings is 1. The van der Waals surface area contributed by atoms with Crippen molar-refractivity contribution in [2.45, 2.75) is 45.6 Å². The molecule has 1 fully saturated rings. The molecule has 5 rings (SSSR count). The fourth-order valence-electron chi connectivity index (χ4n) is 4.45. The highest BCUT2D eigenvalue weighted by Crippen LogP contribution is 2.40. The van der Waals surface area contributed by atoms with Gasteiger partial charge in [0, 0.05) is 36.8 Å². The highest BCUT2D eigenvalue weighted by Gasteiger charge is 2.23. The maximum Gasteiger partial charge on any atom is 0.431 e. The van der Waals surface area contributed by atoms with Crippen LogP contribution in [0.1, 0.15) is 44.9 Å². The number of benzene rings is 2. The van der Waals surface area contributed by atoms with Gasteiger partial charge in [0.15, 0.2) is 0 Å². The Hall–Kier alpha value is -4.36. The molecule has 4 N–H and O–H groups in total. The predicted octanol–water partition coefficient (Wildman–Crippen LogP) is 7.36. The Kier molecular flexibility index (Phi) is 9.78. The van der Waals surface area contributed by atoms with Crippen molar-refractivity contribution in [3.63, 3.8) is 0 Å². The fraction of sp³-hybridized carbons (Fsp3) is 0.290. The molecule has 2 aromatic carbocycles. The van der Waals surface area contributed by atoms with E-state index < -0.39 is 12.1 Å². The van der Waals surface area contributed by atoms with E-state index in [4.69, 9.17) is 37.9 Å². The number of amides is 3. The van der Waals surface area contributed by atoms with Gasteiger partial charge in [0.1, 0.15) is 28.2 Å². The molecule has 0 atom stereocenters. The van der Waals surface area contributed by atoms with E-state index >= 15 is 0 Å². The first kappa shape index (κ1) is 32.0. The van der Waals surface area contributed by atoms with Gasteiger partial charge in [-0.1, -0.05) is 56.1 Å². The molecule has 1 saturated heterocycles. The maximum atomic E-state index is 13.1. The van der Waals surface area contributed by atoms with Gasteiger partial charge < -0.3 is 20.0 Å². The zero-order valence-corrected chi connectivity index (χ0v) is 26.4. The van der Waals surface area contributed by atoms with Crippen molar-refractivity contribution in [1.82, 2.24) is 19.8 Å². The number of halogens is 2. The lowest BCUT2D eigenvalue weighted by Gasteiger charge is -2.15. The molecule has 0 saturated carbocycles. The standard InChI is InChI=1S/C31H33Cl2N7O5/c1-31(2,3)24-17-26(40(38-24)20-8-6-19(18-41)7-9-20)37-29(42)35-22-10-11-23(28(33)27(22)32)44-21-12-13-34-25(16-21)36-30(43)45-39-14-4-5-15-39/h6-13,16-17,41H,4-5,14-15,18H2,1-3H3,(H,34,36,43)(H2,35,37,42). The summed E-state index contributed by atoms with van der Waals surface area (Å²) >= 11 is 13.1. The summed E-state index contributed by atoms with van der Waals surface area (Å²) in [6.45, 7) is 7.38. The van der Waals surface area contributed by atoms with Crippen molar-refractivity contribution >= 4 is 52.6 Å². The molecular weight excluding hydrogens is 621 g/mol. The maximum absolute atomic E-state index is 13.1. The highest BCUT2D eigenvalue weighted by atomic mass is 35.5. The Labute approximate surface area is 270 Å². The number of ether oxygens (including phenoxy) is 1. The first-order chi connectivity index (χ1) is 21.5. The second-order valence-corrected chi connectivity index (χ2v) is 12.1. The Morgan fingerprint density at radius 2 is 1.69 bits per heavy atom. The first-order valence-corrected chi connectivity index (χ1v) is 15.0. The van der Waals surface area contributed by atoms with E-state index in [0.717, 1.165) is 24.1 Å². The SMILES string of the molecule is CC(C)(C)c1cc(NC(=O)Nc2ccc(Oc3ccnc(NC(=O)ON4CCCC4)c3)c(Cl)c2Cl)n(-c2ccc(CO)cc2)n1. The molecule has 0 aliphatic carbocycles. The molecule has 1 aliphatic heterocycles. The number of aliphatic hydroxyl groups excluding tert-OH is 1. The van der Waals surface area contributed by atoms with E-state index in [2.05, 4.69) is 20.9 Å². The van der Waals surface area contributed by atoms with E-state index in [9.17, 15) is 14.7 Å². The summed E-state index contributed by atoms with van der Waals surface area (Å²) in [5, 5.41) is 24.0. The summed E-state index contributed by atoms with van der Waals surface area (Å²) in [5.41, 5.74) is 2.20. The van der Waals surface area contributed by atoms with Crippen molar-refractivity contribution in [3.8, 4) is 17.2 Å². The molecule has 12 nitrogen and oxygen atoms in total. The lowest BCUT2D eigenvalue weighted by molar-refractivity contribution is -0.0739. The third-order valence-electron chi connectivity index (χ3n) is 6.84. The minimum atomic E-state index is -0.645. The van der Waals surface area contributed by atoms with Gasteiger partial charge in [-0.2, -0.15) is 5.10 Å². The summed E-state index contributed by atoms with van der Waals surface area (Å²) in [6, 6.07) is 14.7. The summed E-state index contributed by atoms with van der Waals surface area (Å²) in [7, 11) is 0. The quantitative estimate of drug-likeness (QED) is 0.154. The second-order valence-electron chi connectivity index (χ2n) is 11.3. The van der Waals surface area contributed by atoms with Gasteiger partial charge in [-0.05, 0) is 48.7 Å². The van der Waals surface area contributed by atoms with E-state index in [0.29, 0.717) is 30.3 Å². The highest BCUT2D eigenvalue weighted by molar-refractivity contribution is 6.45. The number of nitrogens with zero attached hydrogens (tertiary/aromatic N) is 4. The van der Waals surface area contributed by atoms with E-state index in [1.165, 1.54) is 12.3 Å². The molecule has 236 valence electrons. The van der Waals surface area contributed by atoms with Gasteiger partial charge in [-0.15, -0.1) is 5.06 Å². The van der Waals surface area contributed by atoms with Gasteiger partial charge in [0.2, 0.25) is 0 Å². The van der Waals surface area contributed by atoms with Crippen LogP contribution in [0.25, 0.3) is 5.69 Å². The third-order valence-corrected chi connectivity index (χ3v) is 7.71. The zero-order chi connectivity index (χ0) is 32.1. The predicted molar refractivity (Wildman–Crippen MR) is 173 cm³/mol. The largest absolute Gasteiger partial charge is 0.456 e. The number of aromatic nitrogens is 3. The molecule has 0 bridgehead atoms. The van der Waals surface area contributed by atoms with Crippen LogP contribution in [0.5, 0.6) is 11.5 Å². The lowest BCUT2D eigenvalue weighted by atomic mass is 9.92. The third kappa shape index (κ3) is 8.03. The Balaban J connectivity index is 1.27. The van der Waals surface area contributed by atoms with Crippen LogP contribution < -0.4 is 20.7 Å². The van der Waals surface area contributed by atoms with Crippen LogP contribution in [-0.2, 0) is 16.9 Å². The van der Waals surface area contributed by atoms with Crippen molar-refractivity contribution in [1.29, 1.82) is 0 Å². The average molecular weight is 655 g/mol. The number of rotatable bonds is 8. The number of hydrogen-bond acceptors (Lipinski definition) is 8. The summed E-state index contributed by atoms with van der Waals surface area (Å²) in [5.74, 6) is 1.23. The van der Waals surface area contributed by atoms with E-state index in [-0.39, 0.29) is 39.3 Å². The second kappa shape index (κ2) is 13.7. The first-order valence-electron chi connectivity index (χ1n) is 14.2. The molecule has 45 heavy (non-hydrogen) atoms. The summed E-state index contributed by atoms with van der Waals surface area (Å²) in [6.07, 6.45) is 2.77. The van der Waals surface area contributed by atoms with Gasteiger partial charge in [-0.25, -0.2) is 19.3 Å². The van der Waals surface area contributed by atoms with E-state index in [1.807, 2.05) is 32.9 Å². The van der Waals surface area contributed by atoms with Crippen LogP contribution in [0.15, 0.2) is 60.8 Å². The van der Waals surface area contributed by atoms with Crippen LogP contribution in [0.2, 0.25) is 10.0 Å². The van der Waals surface area contributed by atoms with Crippen LogP contribution in [0.4, 0.5) is 26.9 Å². The normalized spacial score (nSPS) is 13.4. The van der Waals surface area contributed by atoms with Crippen LogP contribution in [0.3, 0.4) is 0 Å². The number of anilines is 3. The van der Waals surface area contributed by atoms with Gasteiger partial charge in [0.25, 0.3) is 0 Å². The number of hydroxylamine groups is 2. The lowest BCUT2D eigenvalue weighted by Crippen LogP contribution is -2.27. The molecular formula is C31H33Cl2N7O5. The van der Waals surface area contributed by atoms with Gasteiger partial charge in [0.05, 0.1) is 28.7 Å². The minimum Gasteiger partial charge on any atom is -0.456 e. The molecule has 0 radical (unpaired) electrons. The molecule has 3 amide bonds. The monoisotopic (exact) mass is 653 g/mol. The molecule has 0 unspecified atom stereocenters. The molecule has 14 heteroatoms. The van der Waals surface area contributed by atoms with Crippen molar-refractivity contribution in [3.05, 3.63) is 82.1 Å². The van der Waals surface area contributed by atoms with Crippen LogP contribution in [0, 0.1) is 0 Å². The number of carbonyl (C=O) groups excluding carboxylic acids is 2. The van der Waals surface area contributed by atoms with Crippen LogP contribution >= 0.6 is 23.2 Å². The number of carbonyl (C=O) groups is 2. The molecule has 1 aliphatic rings. The summed E-state index contributed by atoms with van der Waals surface area (Å²) < 4.78 is 7.52. The van der Waals surface area contributed by atoms with Crippen molar-refractivity contribution in [2.75, 3.05) is 29.0 Å². The number of hydrogen-bond donors (Lipinski definition) is 4. The Morgan fingerprint density at radius 3 is 2.38 bits per heavy atom. The number of urea groups is 1. The molecule has 0 spiro atoms. The Morgan fingerprint density at radius 1 is 0.956 bits per heavy atom. The minimum absolute atomic E-state index is 0.0643. The number of aliphatic hydroxyl groups is 1. The molecule has 2 aromatic heterocycles. The molecule has 4 aromatic rings. The Bertz CT molecular complexity index is 1680. The van der Waals surface area contributed by atoms with Gasteiger partial charge in [-0.3, -0.25) is 10.6 Å².